The van der Waals surface area contributed by atoms with Gasteiger partial charge < -0.3 is 0 Å². The van der Waals surface area contributed by atoms with Crippen molar-refractivity contribution >= 4 is 33.8 Å². The van der Waals surface area contributed by atoms with Gasteiger partial charge in [0.25, 0.3) is 0 Å². The van der Waals surface area contributed by atoms with E-state index < -0.39 is 0 Å². The van der Waals surface area contributed by atoms with E-state index in [1.807, 2.05) is 0 Å². The minimum atomic E-state index is 0.239. The van der Waals surface area contributed by atoms with Crippen molar-refractivity contribution in [3.63, 3.8) is 0 Å². The number of aromatic nitrogens is 3. The predicted molar refractivity (Wildman–Crippen MR) is 217 cm³/mol. The average molecular weight is 731 g/mol. The van der Waals surface area contributed by atoms with Crippen LogP contribution >= 0.6 is 0 Å². The molecule has 0 bridgehead atoms. The smallest absolute Gasteiger partial charge is 0.0619 e. The van der Waals surface area contributed by atoms with Gasteiger partial charge in [-0.3, -0.25) is 0 Å². The molecule has 7 aromatic carbocycles. The zero-order valence-corrected chi connectivity index (χ0v) is 30.6. The first-order valence-electron chi connectivity index (χ1n) is 17.8. The van der Waals surface area contributed by atoms with Gasteiger partial charge in [0.05, 0.1) is 0 Å². The quantitative estimate of drug-likeness (QED) is 0.166. The molecule has 246 valence electrons. The van der Waals surface area contributed by atoms with Crippen LogP contribution in [0.1, 0.15) is 22.3 Å². The summed E-state index contributed by atoms with van der Waals surface area (Å²) in [5, 5.41) is 17.2. The Morgan fingerprint density at radius 2 is 1.12 bits per heavy atom. The van der Waals surface area contributed by atoms with Gasteiger partial charge in [0.1, 0.15) is 0 Å². The molecule has 52 heavy (non-hydrogen) atoms. The molecule has 0 fully saturated rings. The Balaban J connectivity index is 1.33. The summed E-state index contributed by atoms with van der Waals surface area (Å²) < 4.78 is 2.84. The fourth-order valence-corrected chi connectivity index (χ4v) is 10.7. The number of fused-ring (bicyclic) bond motifs is 6. The number of hydrogen-bond donors (Lipinski definition) is 0. The molecule has 10 rings (SSSR count). The Morgan fingerprint density at radius 1 is 0.481 bits per heavy atom. The zero-order valence-electron chi connectivity index (χ0n) is 28.9. The minimum Gasteiger partial charge on any atom is -0.0619 e. The van der Waals surface area contributed by atoms with E-state index in [2.05, 4.69) is 171 Å². The van der Waals surface area contributed by atoms with E-state index in [0.29, 0.717) is 0 Å². The van der Waals surface area contributed by atoms with Gasteiger partial charge in [-0.05, 0) is 0 Å². The third-order valence-electron chi connectivity index (χ3n) is 10.8. The Hall–Kier alpha value is -5.93. The minimum absolute atomic E-state index is 0.239. The van der Waals surface area contributed by atoms with E-state index in [0.717, 1.165) is 34.5 Å². The van der Waals surface area contributed by atoms with E-state index in [4.69, 9.17) is 10.2 Å². The van der Waals surface area contributed by atoms with Crippen molar-refractivity contribution in [2.75, 3.05) is 0 Å². The third kappa shape index (κ3) is 4.83. The van der Waals surface area contributed by atoms with Crippen LogP contribution in [-0.2, 0) is 6.42 Å². The molecular formula is C48H33N3Se. The zero-order chi connectivity index (χ0) is 34.8. The normalized spacial score (nSPS) is 12.0. The van der Waals surface area contributed by atoms with Gasteiger partial charge in [-0.1, -0.05) is 24.3 Å². The standard InChI is InChI=1S/C48H33N3Se/c1-29-27-39-34-20-10-9-19-33(34)28-40(39)43(30(29)2)48-44(32-17-7-4-8-18-32)47(49-51-50-48)38-24-13-22-35(31-15-5-3-6-16-31)45(38)37-23-14-26-42-46(37)36-21-11-12-25-41(36)52-42/h3-27H,28H2,1-2H3. The Bertz CT molecular complexity index is 2840. The van der Waals surface area contributed by atoms with Crippen molar-refractivity contribution in [1.29, 1.82) is 0 Å². The van der Waals surface area contributed by atoms with Crippen LogP contribution < -0.4 is 0 Å². The Kier molecular flexibility index (Phi) is 7.35. The summed E-state index contributed by atoms with van der Waals surface area (Å²) >= 11 is 0.239. The average Bonchev–Trinajstić information content (AvgIpc) is 3.77. The fraction of sp³-hybridized carbons (Fsp3) is 0.0625. The first-order chi connectivity index (χ1) is 25.7. The van der Waals surface area contributed by atoms with Gasteiger partial charge in [-0.2, -0.15) is 0 Å². The van der Waals surface area contributed by atoms with Crippen LogP contribution in [0.3, 0.4) is 0 Å². The van der Waals surface area contributed by atoms with E-state index in [-0.39, 0.29) is 14.5 Å². The monoisotopic (exact) mass is 731 g/mol. The number of aryl methyl sites for hydroxylation is 1. The van der Waals surface area contributed by atoms with E-state index in [1.54, 1.807) is 0 Å². The molecule has 1 aliphatic rings. The topological polar surface area (TPSA) is 38.7 Å². The molecule has 0 saturated carbocycles. The van der Waals surface area contributed by atoms with Crippen molar-refractivity contribution < 1.29 is 0 Å². The predicted octanol–water partition coefficient (Wildman–Crippen LogP) is 11.8. The molecule has 0 unspecified atom stereocenters. The van der Waals surface area contributed by atoms with Gasteiger partial charge in [-0.25, -0.2) is 0 Å². The SMILES string of the molecule is Cc1cc2c(c(-c3nnnc(-c4cccc(-c5ccccc5)c4-c4cccc5[se]c6ccccc6c45)c3-c3ccccc3)c1C)Cc1ccccc1-2. The molecule has 0 aliphatic heterocycles. The van der Waals surface area contributed by atoms with Crippen LogP contribution in [0.5, 0.6) is 0 Å². The number of nitrogens with zero attached hydrogens (tertiary/aromatic N) is 3. The molecule has 0 saturated heterocycles. The molecule has 0 spiro atoms. The summed E-state index contributed by atoms with van der Waals surface area (Å²) in [7, 11) is 0. The number of hydrogen-bond acceptors (Lipinski definition) is 3. The van der Waals surface area contributed by atoms with Crippen molar-refractivity contribution in [1.82, 2.24) is 15.4 Å². The molecule has 1 aliphatic carbocycles. The third-order valence-corrected chi connectivity index (χ3v) is 13.2. The first-order valence-corrected chi connectivity index (χ1v) is 19.5. The van der Waals surface area contributed by atoms with Crippen molar-refractivity contribution in [2.45, 2.75) is 20.3 Å². The van der Waals surface area contributed by atoms with Crippen molar-refractivity contribution in [3.05, 3.63) is 174 Å². The summed E-state index contributed by atoms with van der Waals surface area (Å²) in [6.45, 7) is 4.45. The van der Waals surface area contributed by atoms with E-state index in [9.17, 15) is 0 Å². The van der Waals surface area contributed by atoms with Crippen molar-refractivity contribution in [3.8, 4) is 67.0 Å². The molecule has 0 atom stereocenters. The van der Waals surface area contributed by atoms with Crippen LogP contribution in [0, 0.1) is 13.8 Å². The van der Waals surface area contributed by atoms with Gasteiger partial charge in [0.2, 0.25) is 0 Å². The van der Waals surface area contributed by atoms with E-state index in [1.165, 1.54) is 80.5 Å². The molecule has 9 aromatic rings. The molecule has 0 amide bonds. The Labute approximate surface area is 309 Å². The summed E-state index contributed by atoms with van der Waals surface area (Å²) in [6, 6.07) is 55.0. The molecule has 0 radical (unpaired) electrons. The molecule has 2 aromatic heterocycles. The summed E-state index contributed by atoms with van der Waals surface area (Å²) in [5.41, 5.74) is 18.5. The van der Waals surface area contributed by atoms with Gasteiger partial charge in [0.15, 0.2) is 0 Å². The second kappa shape index (κ2) is 12.4. The maximum absolute atomic E-state index is 5.00. The van der Waals surface area contributed by atoms with Crippen LogP contribution in [-0.4, -0.2) is 29.9 Å². The summed E-state index contributed by atoms with van der Waals surface area (Å²) in [4.78, 5) is 0. The summed E-state index contributed by atoms with van der Waals surface area (Å²) in [6.07, 6.45) is 0.863. The Morgan fingerprint density at radius 3 is 1.96 bits per heavy atom. The molecule has 2 heterocycles. The number of rotatable bonds is 5. The van der Waals surface area contributed by atoms with Crippen molar-refractivity contribution in [2.24, 2.45) is 0 Å². The first kappa shape index (κ1) is 30.9. The van der Waals surface area contributed by atoms with Crippen LogP contribution in [0.25, 0.3) is 86.3 Å². The van der Waals surface area contributed by atoms with Gasteiger partial charge in [-0.15, -0.1) is 0 Å². The van der Waals surface area contributed by atoms with Crippen LogP contribution in [0.4, 0.5) is 0 Å². The second-order valence-corrected chi connectivity index (χ2v) is 15.9. The molecule has 3 nitrogen and oxygen atoms in total. The fourth-order valence-electron chi connectivity index (χ4n) is 8.29. The molecule has 0 N–H and O–H groups in total. The molecular weight excluding hydrogens is 698 g/mol. The van der Waals surface area contributed by atoms with Gasteiger partial charge >= 0.3 is 286 Å². The van der Waals surface area contributed by atoms with Gasteiger partial charge in [0, 0.05) is 0 Å². The van der Waals surface area contributed by atoms with E-state index >= 15 is 0 Å². The van der Waals surface area contributed by atoms with Crippen LogP contribution in [0.2, 0.25) is 0 Å². The second-order valence-electron chi connectivity index (χ2n) is 13.7. The maximum atomic E-state index is 5.00. The van der Waals surface area contributed by atoms with Crippen LogP contribution in [0.15, 0.2) is 152 Å². The molecule has 4 heteroatoms. The summed E-state index contributed by atoms with van der Waals surface area (Å²) in [5.74, 6) is 0. The number of benzene rings is 7.